The molecule has 4 rings (SSSR count). The molecule has 148 valence electrons. The normalized spacial score (nSPS) is 11.7. The minimum atomic E-state index is -0.420. The molecule has 0 bridgehead atoms. The molecule has 1 aliphatic heterocycles. The summed E-state index contributed by atoms with van der Waals surface area (Å²) in [6.45, 7) is 2.54. The summed E-state index contributed by atoms with van der Waals surface area (Å²) in [4.78, 5) is 27.6. The Labute approximate surface area is 172 Å². The van der Waals surface area contributed by atoms with Crippen LogP contribution in [0.15, 0.2) is 54.6 Å². The van der Waals surface area contributed by atoms with Crippen LogP contribution >= 0.6 is 11.3 Å². The number of para-hydroxylation sites is 1. The van der Waals surface area contributed by atoms with Gasteiger partial charge in [-0.2, -0.15) is 0 Å². The Kier molecular flexibility index (Phi) is 5.22. The SMILES string of the molecule is CCOC(=O)N(C)c1ccc(NC(=O)c2cc3c(s2)-c2ccccc2OC3)cc1. The third-order valence-corrected chi connectivity index (χ3v) is 5.81. The Bertz CT molecular complexity index is 1060. The van der Waals surface area contributed by atoms with Gasteiger partial charge in [-0.05, 0) is 49.4 Å². The third-order valence-electron chi connectivity index (χ3n) is 4.60. The summed E-state index contributed by atoms with van der Waals surface area (Å²) < 4.78 is 10.7. The highest BCUT2D eigenvalue weighted by atomic mass is 32.1. The zero-order valence-electron chi connectivity index (χ0n) is 16.1. The summed E-state index contributed by atoms with van der Waals surface area (Å²) in [6.07, 6.45) is -0.420. The van der Waals surface area contributed by atoms with Crippen molar-refractivity contribution in [1.82, 2.24) is 0 Å². The number of carbonyl (C=O) groups is 2. The quantitative estimate of drug-likeness (QED) is 0.648. The van der Waals surface area contributed by atoms with Crippen LogP contribution in [-0.2, 0) is 11.3 Å². The molecule has 0 fully saturated rings. The summed E-state index contributed by atoms with van der Waals surface area (Å²) in [5.74, 6) is 0.670. The van der Waals surface area contributed by atoms with Gasteiger partial charge in [-0.15, -0.1) is 11.3 Å². The lowest BCUT2D eigenvalue weighted by atomic mass is 10.1. The first kappa shape index (κ1) is 19.0. The van der Waals surface area contributed by atoms with E-state index in [0.29, 0.717) is 29.5 Å². The molecule has 0 saturated heterocycles. The summed E-state index contributed by atoms with van der Waals surface area (Å²) in [5, 5.41) is 2.91. The molecule has 0 atom stereocenters. The fraction of sp³-hybridized carbons (Fsp3) is 0.182. The minimum absolute atomic E-state index is 0.173. The van der Waals surface area contributed by atoms with Crippen LogP contribution in [0.2, 0.25) is 0 Å². The summed E-state index contributed by atoms with van der Waals surface area (Å²) in [5.41, 5.74) is 3.37. The minimum Gasteiger partial charge on any atom is -0.488 e. The molecular weight excluding hydrogens is 388 g/mol. The second-order valence-electron chi connectivity index (χ2n) is 6.51. The molecule has 2 heterocycles. The molecule has 7 heteroatoms. The Morgan fingerprint density at radius 1 is 1.17 bits per heavy atom. The van der Waals surface area contributed by atoms with E-state index in [-0.39, 0.29) is 5.91 Å². The van der Waals surface area contributed by atoms with Gasteiger partial charge in [0.25, 0.3) is 5.91 Å². The maximum Gasteiger partial charge on any atom is 0.413 e. The zero-order chi connectivity index (χ0) is 20.4. The molecule has 2 amide bonds. The first-order valence-electron chi connectivity index (χ1n) is 9.23. The van der Waals surface area contributed by atoms with Crippen LogP contribution < -0.4 is 15.0 Å². The van der Waals surface area contributed by atoms with Crippen LogP contribution in [0.5, 0.6) is 5.75 Å². The van der Waals surface area contributed by atoms with Gasteiger partial charge in [0.15, 0.2) is 0 Å². The topological polar surface area (TPSA) is 67.9 Å². The lowest BCUT2D eigenvalue weighted by Crippen LogP contribution is -2.26. The smallest absolute Gasteiger partial charge is 0.413 e. The number of carbonyl (C=O) groups excluding carboxylic acids is 2. The monoisotopic (exact) mass is 408 g/mol. The van der Waals surface area contributed by atoms with E-state index in [0.717, 1.165) is 21.8 Å². The molecule has 0 saturated carbocycles. The van der Waals surface area contributed by atoms with Gasteiger partial charge in [0.2, 0.25) is 0 Å². The van der Waals surface area contributed by atoms with E-state index in [1.165, 1.54) is 16.2 Å². The van der Waals surface area contributed by atoms with Crippen molar-refractivity contribution in [3.63, 3.8) is 0 Å². The largest absolute Gasteiger partial charge is 0.488 e. The van der Waals surface area contributed by atoms with Gasteiger partial charge in [-0.25, -0.2) is 4.79 Å². The number of amides is 2. The van der Waals surface area contributed by atoms with Gasteiger partial charge < -0.3 is 14.8 Å². The molecule has 3 aromatic rings. The van der Waals surface area contributed by atoms with Gasteiger partial charge in [0.05, 0.1) is 11.5 Å². The number of rotatable bonds is 4. The van der Waals surface area contributed by atoms with Crippen molar-refractivity contribution in [2.45, 2.75) is 13.5 Å². The molecule has 0 unspecified atom stereocenters. The predicted octanol–water partition coefficient (Wildman–Crippen LogP) is 5.15. The van der Waals surface area contributed by atoms with Crippen molar-refractivity contribution in [2.24, 2.45) is 0 Å². The van der Waals surface area contributed by atoms with E-state index in [2.05, 4.69) is 5.32 Å². The summed E-state index contributed by atoms with van der Waals surface area (Å²) >= 11 is 1.46. The number of fused-ring (bicyclic) bond motifs is 3. The molecule has 2 aromatic carbocycles. The maximum absolute atomic E-state index is 12.7. The third kappa shape index (κ3) is 3.82. The molecule has 0 radical (unpaired) electrons. The highest BCUT2D eigenvalue weighted by molar-refractivity contribution is 7.17. The van der Waals surface area contributed by atoms with E-state index >= 15 is 0 Å². The number of benzene rings is 2. The highest BCUT2D eigenvalue weighted by Gasteiger charge is 2.22. The fourth-order valence-electron chi connectivity index (χ4n) is 3.10. The van der Waals surface area contributed by atoms with E-state index in [1.807, 2.05) is 30.3 Å². The van der Waals surface area contributed by atoms with Crippen LogP contribution in [0.25, 0.3) is 10.4 Å². The van der Waals surface area contributed by atoms with E-state index in [1.54, 1.807) is 38.2 Å². The average molecular weight is 408 g/mol. The molecule has 1 aromatic heterocycles. The second-order valence-corrected chi connectivity index (χ2v) is 7.56. The lowest BCUT2D eigenvalue weighted by Gasteiger charge is -2.16. The van der Waals surface area contributed by atoms with Crippen molar-refractivity contribution in [3.05, 3.63) is 65.0 Å². The van der Waals surface area contributed by atoms with Crippen molar-refractivity contribution in [1.29, 1.82) is 0 Å². The number of hydrogen-bond donors (Lipinski definition) is 1. The van der Waals surface area contributed by atoms with E-state index in [4.69, 9.17) is 9.47 Å². The van der Waals surface area contributed by atoms with E-state index < -0.39 is 6.09 Å². The Morgan fingerprint density at radius 3 is 2.69 bits per heavy atom. The predicted molar refractivity (Wildman–Crippen MR) is 114 cm³/mol. The van der Waals surface area contributed by atoms with Gasteiger partial charge in [-0.3, -0.25) is 9.69 Å². The molecule has 0 aliphatic carbocycles. The van der Waals surface area contributed by atoms with Crippen molar-refractivity contribution in [3.8, 4) is 16.2 Å². The Hall–Kier alpha value is -3.32. The molecular formula is C22H20N2O4S. The number of ether oxygens (including phenoxy) is 2. The van der Waals surface area contributed by atoms with Gasteiger partial charge in [-0.1, -0.05) is 12.1 Å². The summed E-state index contributed by atoms with van der Waals surface area (Å²) in [6, 6.07) is 16.8. The van der Waals surface area contributed by atoms with Crippen molar-refractivity contribution < 1.29 is 19.1 Å². The number of nitrogens with one attached hydrogen (secondary N) is 1. The standard InChI is InChI=1S/C22H20N2O4S/c1-3-27-22(26)24(2)16-10-8-15(9-11-16)23-21(25)19-12-14-13-28-18-7-5-4-6-17(18)20(14)29-19/h4-12H,3,13H2,1-2H3,(H,23,25). The van der Waals surface area contributed by atoms with Crippen LogP contribution in [0, 0.1) is 0 Å². The average Bonchev–Trinajstić information content (AvgIpc) is 3.19. The van der Waals surface area contributed by atoms with Gasteiger partial charge >= 0.3 is 6.09 Å². The van der Waals surface area contributed by atoms with Crippen LogP contribution in [0.3, 0.4) is 0 Å². The zero-order valence-corrected chi connectivity index (χ0v) is 16.9. The Morgan fingerprint density at radius 2 is 1.93 bits per heavy atom. The maximum atomic E-state index is 12.7. The van der Waals surface area contributed by atoms with Crippen molar-refractivity contribution >= 4 is 34.7 Å². The van der Waals surface area contributed by atoms with Crippen molar-refractivity contribution in [2.75, 3.05) is 23.9 Å². The highest BCUT2D eigenvalue weighted by Crippen LogP contribution is 2.42. The molecule has 0 spiro atoms. The van der Waals surface area contributed by atoms with E-state index in [9.17, 15) is 9.59 Å². The first-order chi connectivity index (χ1) is 14.1. The second kappa shape index (κ2) is 7.97. The van der Waals surface area contributed by atoms with Crippen LogP contribution in [-0.4, -0.2) is 25.7 Å². The number of thiophene rings is 1. The lowest BCUT2D eigenvalue weighted by molar-refractivity contribution is 0.103. The van der Waals surface area contributed by atoms with Gasteiger partial charge in [0, 0.05) is 34.4 Å². The number of nitrogens with zero attached hydrogens (tertiary/aromatic N) is 1. The first-order valence-corrected chi connectivity index (χ1v) is 10.0. The molecule has 1 N–H and O–H groups in total. The molecule has 29 heavy (non-hydrogen) atoms. The fourth-order valence-corrected chi connectivity index (χ4v) is 4.19. The van der Waals surface area contributed by atoms with Gasteiger partial charge in [0.1, 0.15) is 12.4 Å². The number of anilines is 2. The molecule has 1 aliphatic rings. The van der Waals surface area contributed by atoms with Crippen LogP contribution in [0.1, 0.15) is 22.2 Å². The van der Waals surface area contributed by atoms with Crippen LogP contribution in [0.4, 0.5) is 16.2 Å². The number of hydrogen-bond acceptors (Lipinski definition) is 5. The summed E-state index contributed by atoms with van der Waals surface area (Å²) in [7, 11) is 1.64. The Balaban J connectivity index is 1.48. The molecule has 6 nitrogen and oxygen atoms in total.